The van der Waals surface area contributed by atoms with Crippen LogP contribution < -0.4 is 0 Å². The second-order valence-corrected chi connectivity index (χ2v) is 3.95. The van der Waals surface area contributed by atoms with Gasteiger partial charge in [-0.05, 0) is 0 Å². The van der Waals surface area contributed by atoms with Crippen LogP contribution in [-0.4, -0.2) is 0 Å². The van der Waals surface area contributed by atoms with Crippen molar-refractivity contribution in [1.29, 1.82) is 0 Å². The fourth-order valence-corrected chi connectivity index (χ4v) is 0.941. The summed E-state index contributed by atoms with van der Waals surface area (Å²) in [5, 5.41) is 0. The fraction of sp³-hybridized carbons (Fsp3) is 0.167. The number of hydrogen-bond acceptors (Lipinski definition) is 0. The van der Waals surface area contributed by atoms with E-state index in [1.165, 1.54) is 0 Å². The first-order valence-electron chi connectivity index (χ1n) is 2.39. The Labute approximate surface area is 68.7 Å². The second-order valence-electron chi connectivity index (χ2n) is 1.67. The molecule has 9 heavy (non-hydrogen) atoms. The van der Waals surface area contributed by atoms with E-state index in [2.05, 4.69) is 0 Å². The highest BCUT2D eigenvalue weighted by atomic mass is 35.6. The van der Waals surface area contributed by atoms with Gasteiger partial charge in [0.25, 0.3) is 0 Å². The van der Waals surface area contributed by atoms with Crippen molar-refractivity contribution in [2.24, 2.45) is 0 Å². The number of alkyl halides is 3. The molecule has 0 atom stereocenters. The van der Waals surface area contributed by atoms with Crippen LogP contribution in [0.25, 0.3) is 0 Å². The minimum absolute atomic E-state index is 0.715. The lowest BCUT2D eigenvalue weighted by atomic mass is 10.4. The molecule has 0 saturated heterocycles. The summed E-state index contributed by atoms with van der Waals surface area (Å²) in [4.78, 5) is 0. The molecule has 0 aromatic heterocycles. The molecule has 0 aliphatic rings. The maximum Gasteiger partial charge on any atom is 0.163 e. The van der Waals surface area contributed by atoms with Crippen molar-refractivity contribution in [2.75, 3.05) is 0 Å². The van der Waals surface area contributed by atoms with E-state index < -0.39 is 3.79 Å². The molecule has 0 aliphatic heterocycles. The van der Waals surface area contributed by atoms with Gasteiger partial charge >= 0.3 is 0 Å². The summed E-state index contributed by atoms with van der Waals surface area (Å²) in [6, 6.07) is 7.20. The number of hydrogen-bond donors (Lipinski definition) is 0. The zero-order chi connectivity index (χ0) is 6.91. The molecule has 3 heteroatoms. The molecule has 0 amide bonds. The Morgan fingerprint density at radius 2 is 2.00 bits per heavy atom. The normalized spacial score (nSPS) is 11.9. The van der Waals surface area contributed by atoms with Gasteiger partial charge in [0.15, 0.2) is 3.79 Å². The standard InChI is InChI=1S/C6H4Cl3/c7-6(8,9)5-3-1-2-4-5/h1-4H/q-1. The Kier molecular flexibility index (Phi) is 2.00. The molecule has 50 valence electrons. The van der Waals surface area contributed by atoms with Crippen LogP contribution in [0.15, 0.2) is 24.3 Å². The minimum Gasteiger partial charge on any atom is -0.207 e. The quantitative estimate of drug-likeness (QED) is 0.427. The lowest BCUT2D eigenvalue weighted by molar-refractivity contribution is 1.27. The van der Waals surface area contributed by atoms with E-state index in [0.717, 1.165) is 0 Å². The summed E-state index contributed by atoms with van der Waals surface area (Å²) in [5.41, 5.74) is 0.715. The van der Waals surface area contributed by atoms with Crippen LogP contribution in [0.3, 0.4) is 0 Å². The summed E-state index contributed by atoms with van der Waals surface area (Å²) in [6.07, 6.45) is 0. The Morgan fingerprint density at radius 3 is 2.22 bits per heavy atom. The molecular weight excluding hydrogens is 178 g/mol. The van der Waals surface area contributed by atoms with E-state index in [9.17, 15) is 0 Å². The number of halogens is 3. The second kappa shape index (κ2) is 2.45. The topological polar surface area (TPSA) is 0 Å². The Balaban J connectivity index is 2.90. The third-order valence-corrected chi connectivity index (χ3v) is 1.64. The van der Waals surface area contributed by atoms with Gasteiger partial charge < -0.3 is 0 Å². The molecule has 1 rings (SSSR count). The zero-order valence-corrected chi connectivity index (χ0v) is 6.71. The van der Waals surface area contributed by atoms with Crippen molar-refractivity contribution >= 4 is 34.8 Å². The van der Waals surface area contributed by atoms with Gasteiger partial charge in [-0.25, -0.2) is 6.07 Å². The third kappa shape index (κ3) is 1.82. The minimum atomic E-state index is -1.26. The zero-order valence-electron chi connectivity index (χ0n) is 4.44. The molecule has 0 radical (unpaired) electrons. The van der Waals surface area contributed by atoms with Crippen molar-refractivity contribution in [3.63, 3.8) is 0 Å². The lowest BCUT2D eigenvalue weighted by Crippen LogP contribution is -1.95. The van der Waals surface area contributed by atoms with E-state index in [1.54, 1.807) is 12.1 Å². The SMILES string of the molecule is ClC(Cl)(Cl)c1cc[cH-]c1. The van der Waals surface area contributed by atoms with E-state index in [-0.39, 0.29) is 0 Å². The van der Waals surface area contributed by atoms with Crippen LogP contribution >= 0.6 is 34.8 Å². The Morgan fingerprint density at radius 1 is 1.33 bits per heavy atom. The largest absolute Gasteiger partial charge is 0.207 e. The smallest absolute Gasteiger partial charge is 0.163 e. The molecule has 0 nitrogen and oxygen atoms in total. The van der Waals surface area contributed by atoms with Crippen molar-refractivity contribution in [3.05, 3.63) is 29.8 Å². The predicted octanol–water partition coefficient (Wildman–Crippen LogP) is 3.23. The van der Waals surface area contributed by atoms with E-state index in [4.69, 9.17) is 34.8 Å². The van der Waals surface area contributed by atoms with Gasteiger partial charge in [-0.15, -0.1) is 5.56 Å². The third-order valence-electron chi connectivity index (χ3n) is 0.990. The van der Waals surface area contributed by atoms with Crippen LogP contribution in [-0.2, 0) is 3.79 Å². The van der Waals surface area contributed by atoms with Gasteiger partial charge in [0.1, 0.15) is 0 Å². The Hall–Kier alpha value is 0.220. The van der Waals surface area contributed by atoms with Crippen LogP contribution in [0.2, 0.25) is 0 Å². The molecule has 1 aromatic carbocycles. The highest BCUT2D eigenvalue weighted by Gasteiger charge is 2.14. The van der Waals surface area contributed by atoms with Crippen molar-refractivity contribution in [2.45, 2.75) is 3.79 Å². The summed E-state index contributed by atoms with van der Waals surface area (Å²) in [5.74, 6) is 0. The van der Waals surface area contributed by atoms with Crippen molar-refractivity contribution < 1.29 is 0 Å². The first-order chi connectivity index (χ1) is 4.11. The highest BCUT2D eigenvalue weighted by molar-refractivity contribution is 6.66. The molecule has 0 saturated carbocycles. The molecule has 0 spiro atoms. The number of rotatable bonds is 0. The van der Waals surface area contributed by atoms with Crippen LogP contribution in [0, 0.1) is 0 Å². The lowest BCUT2D eigenvalue weighted by Gasteiger charge is -2.13. The molecule has 0 N–H and O–H groups in total. The molecule has 0 bridgehead atoms. The molecule has 1 aromatic rings. The molecule has 0 fully saturated rings. The van der Waals surface area contributed by atoms with Gasteiger partial charge in [-0.3, -0.25) is 0 Å². The van der Waals surface area contributed by atoms with E-state index >= 15 is 0 Å². The average molecular weight is 182 g/mol. The van der Waals surface area contributed by atoms with Crippen molar-refractivity contribution in [1.82, 2.24) is 0 Å². The molecule has 0 heterocycles. The monoisotopic (exact) mass is 181 g/mol. The predicted molar refractivity (Wildman–Crippen MR) is 41.3 cm³/mol. The molecule has 0 aliphatic carbocycles. The molecule has 0 unspecified atom stereocenters. The van der Waals surface area contributed by atoms with E-state index in [1.807, 2.05) is 12.1 Å². The highest BCUT2D eigenvalue weighted by Crippen LogP contribution is 2.37. The first-order valence-corrected chi connectivity index (χ1v) is 3.53. The summed E-state index contributed by atoms with van der Waals surface area (Å²) < 4.78 is -1.26. The average Bonchev–Trinajstić information content (AvgIpc) is 2.08. The summed E-state index contributed by atoms with van der Waals surface area (Å²) in [6.45, 7) is 0. The fourth-order valence-electron chi connectivity index (χ4n) is 0.563. The van der Waals surface area contributed by atoms with Crippen LogP contribution in [0.1, 0.15) is 5.56 Å². The van der Waals surface area contributed by atoms with Gasteiger partial charge in [-0.1, -0.05) is 34.8 Å². The maximum absolute atomic E-state index is 5.53. The van der Waals surface area contributed by atoms with Crippen molar-refractivity contribution in [3.8, 4) is 0 Å². The van der Waals surface area contributed by atoms with Gasteiger partial charge in [0.2, 0.25) is 0 Å². The summed E-state index contributed by atoms with van der Waals surface area (Å²) in [7, 11) is 0. The van der Waals surface area contributed by atoms with Crippen LogP contribution in [0.5, 0.6) is 0 Å². The van der Waals surface area contributed by atoms with Crippen LogP contribution in [0.4, 0.5) is 0 Å². The van der Waals surface area contributed by atoms with Gasteiger partial charge in [-0.2, -0.15) is 18.2 Å². The van der Waals surface area contributed by atoms with Gasteiger partial charge in [0, 0.05) is 0 Å². The van der Waals surface area contributed by atoms with E-state index in [0.29, 0.717) is 5.56 Å². The first kappa shape index (κ1) is 7.33. The van der Waals surface area contributed by atoms with Gasteiger partial charge in [0.05, 0.1) is 0 Å². The Bertz CT molecular complexity index is 171. The molecular formula is C6H4Cl3-. The maximum atomic E-state index is 5.53. The summed E-state index contributed by atoms with van der Waals surface area (Å²) >= 11 is 16.6.